The van der Waals surface area contributed by atoms with Gasteiger partial charge in [-0.05, 0) is 39.0 Å². The fraction of sp³-hybridized carbons (Fsp3) is 0.261. The molecular weight excluding hydrogens is 428 g/mol. The predicted molar refractivity (Wildman–Crippen MR) is 117 cm³/mol. The van der Waals surface area contributed by atoms with Crippen molar-refractivity contribution in [1.82, 2.24) is 15.6 Å². The molecule has 2 aromatic carbocycles. The minimum atomic E-state index is -1.17. The second-order valence-electron chi connectivity index (χ2n) is 7.56. The number of benzene rings is 2. The Morgan fingerprint density at radius 2 is 1.70 bits per heavy atom. The molecule has 0 spiro atoms. The Morgan fingerprint density at radius 3 is 2.30 bits per heavy atom. The maximum Gasteiger partial charge on any atom is 0.412 e. The number of carboxylic acids is 1. The number of aliphatic carboxylic acids is 1. The summed E-state index contributed by atoms with van der Waals surface area (Å²) in [6.45, 7) is 1.87. The molecule has 170 valence electrons. The third kappa shape index (κ3) is 4.54. The van der Waals surface area contributed by atoms with Crippen LogP contribution in [0.4, 0.5) is 10.6 Å². The molecule has 10 heteroatoms. The highest BCUT2D eigenvalue weighted by atomic mass is 16.6. The first-order valence-corrected chi connectivity index (χ1v) is 10.5. The number of anilines is 1. The summed E-state index contributed by atoms with van der Waals surface area (Å²) in [5, 5.41) is 20.9. The first-order valence-electron chi connectivity index (χ1n) is 10.5. The largest absolute Gasteiger partial charge is 0.480 e. The number of ether oxygens (including phenoxy) is 1. The molecule has 0 saturated heterocycles. The van der Waals surface area contributed by atoms with Gasteiger partial charge in [0.2, 0.25) is 11.5 Å². The number of nitrogens with zero attached hydrogens (tertiary/aromatic N) is 2. The van der Waals surface area contributed by atoms with Crippen LogP contribution in [0.3, 0.4) is 0 Å². The number of carbonyl (C=O) groups is 3. The van der Waals surface area contributed by atoms with Crippen molar-refractivity contribution >= 4 is 23.8 Å². The first kappa shape index (κ1) is 22.0. The van der Waals surface area contributed by atoms with Gasteiger partial charge in [0.1, 0.15) is 12.6 Å². The van der Waals surface area contributed by atoms with Crippen LogP contribution in [0, 0.1) is 0 Å². The summed E-state index contributed by atoms with van der Waals surface area (Å²) < 4.78 is 9.98. The molecule has 0 fully saturated rings. The number of carboxylic acid groups (broad SMARTS) is 1. The lowest BCUT2D eigenvalue weighted by molar-refractivity contribution is -0.139. The summed E-state index contributed by atoms with van der Waals surface area (Å²) in [6.07, 6.45) is -0.0503. The van der Waals surface area contributed by atoms with Crippen molar-refractivity contribution in [2.45, 2.75) is 31.7 Å². The highest BCUT2D eigenvalue weighted by Gasteiger charge is 2.30. The van der Waals surface area contributed by atoms with Crippen LogP contribution >= 0.6 is 0 Å². The fourth-order valence-corrected chi connectivity index (χ4v) is 3.92. The summed E-state index contributed by atoms with van der Waals surface area (Å²) in [5.74, 6) is -2.39. The average Bonchev–Trinajstić information content (AvgIpc) is 3.40. The second-order valence-corrected chi connectivity index (χ2v) is 7.56. The number of amides is 2. The number of rotatable bonds is 8. The van der Waals surface area contributed by atoms with Crippen molar-refractivity contribution in [3.63, 3.8) is 0 Å². The van der Waals surface area contributed by atoms with E-state index in [-0.39, 0.29) is 30.5 Å². The Kier molecular flexibility index (Phi) is 6.34. The lowest BCUT2D eigenvalue weighted by Crippen LogP contribution is -2.41. The Labute approximate surface area is 188 Å². The van der Waals surface area contributed by atoms with Crippen molar-refractivity contribution in [2.24, 2.45) is 0 Å². The van der Waals surface area contributed by atoms with E-state index in [4.69, 9.17) is 4.74 Å². The molecule has 33 heavy (non-hydrogen) atoms. The van der Waals surface area contributed by atoms with Gasteiger partial charge in [-0.1, -0.05) is 61.9 Å². The zero-order valence-corrected chi connectivity index (χ0v) is 17.8. The summed E-state index contributed by atoms with van der Waals surface area (Å²) in [5.41, 5.74) is 3.98. The summed E-state index contributed by atoms with van der Waals surface area (Å²) in [4.78, 5) is 36.1. The fourth-order valence-electron chi connectivity index (χ4n) is 3.92. The summed E-state index contributed by atoms with van der Waals surface area (Å²) in [7, 11) is 0. The maximum atomic E-state index is 12.4. The molecule has 3 N–H and O–H groups in total. The molecule has 0 unspecified atom stereocenters. The van der Waals surface area contributed by atoms with Gasteiger partial charge in [0.05, 0.1) is 0 Å². The van der Waals surface area contributed by atoms with E-state index in [1.54, 1.807) is 6.92 Å². The van der Waals surface area contributed by atoms with Crippen molar-refractivity contribution in [3.05, 3.63) is 65.4 Å². The molecule has 3 aromatic rings. The van der Waals surface area contributed by atoms with Crippen LogP contribution in [-0.2, 0) is 9.53 Å². The van der Waals surface area contributed by atoms with Crippen molar-refractivity contribution < 1.29 is 28.9 Å². The normalized spacial score (nSPS) is 13.0. The number of fused-ring (bicyclic) bond motifs is 3. The van der Waals surface area contributed by atoms with Crippen LogP contribution in [-0.4, -0.2) is 46.0 Å². The summed E-state index contributed by atoms with van der Waals surface area (Å²) >= 11 is 0. The highest BCUT2D eigenvalue weighted by Crippen LogP contribution is 2.44. The smallest absolute Gasteiger partial charge is 0.412 e. The molecule has 1 atom stereocenters. The molecular formula is C23H22N4O6. The summed E-state index contributed by atoms with van der Waals surface area (Å²) in [6, 6.07) is 14.8. The van der Waals surface area contributed by atoms with Gasteiger partial charge in [-0.3, -0.25) is 10.1 Å². The molecule has 10 nitrogen and oxygen atoms in total. The minimum Gasteiger partial charge on any atom is -0.480 e. The molecule has 1 aromatic heterocycles. The van der Waals surface area contributed by atoms with Crippen molar-refractivity contribution in [2.75, 3.05) is 11.9 Å². The van der Waals surface area contributed by atoms with Crippen LogP contribution in [0.15, 0.2) is 53.2 Å². The number of aromatic nitrogens is 2. The van der Waals surface area contributed by atoms with Crippen LogP contribution in [0.2, 0.25) is 0 Å². The average molecular weight is 450 g/mol. The van der Waals surface area contributed by atoms with E-state index in [9.17, 15) is 19.5 Å². The Bertz CT molecular complexity index is 1150. The van der Waals surface area contributed by atoms with Gasteiger partial charge in [0.15, 0.2) is 0 Å². The lowest BCUT2D eigenvalue weighted by Gasteiger charge is -2.14. The number of hydrogen-bond acceptors (Lipinski definition) is 7. The van der Waals surface area contributed by atoms with Crippen LogP contribution in [0.1, 0.15) is 47.3 Å². The van der Waals surface area contributed by atoms with Gasteiger partial charge in [-0.25, -0.2) is 14.2 Å². The van der Waals surface area contributed by atoms with Crippen LogP contribution in [0.25, 0.3) is 11.1 Å². The predicted octanol–water partition coefficient (Wildman–Crippen LogP) is 3.41. The monoisotopic (exact) mass is 450 g/mol. The third-order valence-corrected chi connectivity index (χ3v) is 5.45. The van der Waals surface area contributed by atoms with E-state index in [0.717, 1.165) is 22.3 Å². The molecule has 4 rings (SSSR count). The molecule has 2 amide bonds. The minimum absolute atomic E-state index is 0.0737. The third-order valence-electron chi connectivity index (χ3n) is 5.45. The van der Waals surface area contributed by atoms with Crippen molar-refractivity contribution in [1.29, 1.82) is 0 Å². The number of nitrogens with one attached hydrogen (secondary N) is 2. The van der Waals surface area contributed by atoms with Crippen LogP contribution < -0.4 is 10.6 Å². The zero-order chi connectivity index (χ0) is 23.4. The van der Waals surface area contributed by atoms with Gasteiger partial charge in [0, 0.05) is 5.92 Å². The lowest BCUT2D eigenvalue weighted by atomic mass is 9.98. The quantitative estimate of drug-likeness (QED) is 0.474. The van der Waals surface area contributed by atoms with E-state index in [1.807, 2.05) is 48.5 Å². The highest BCUT2D eigenvalue weighted by molar-refractivity contribution is 6.01. The Balaban J connectivity index is 1.41. The van der Waals surface area contributed by atoms with E-state index >= 15 is 0 Å². The molecule has 1 aliphatic rings. The molecule has 0 bridgehead atoms. The van der Waals surface area contributed by atoms with Gasteiger partial charge in [-0.2, -0.15) is 0 Å². The molecule has 0 radical (unpaired) electrons. The molecule has 1 aliphatic carbocycles. The molecule has 1 heterocycles. The van der Waals surface area contributed by atoms with E-state index < -0.39 is 24.0 Å². The number of carbonyl (C=O) groups excluding carboxylic acids is 2. The van der Waals surface area contributed by atoms with E-state index in [2.05, 4.69) is 25.6 Å². The van der Waals surface area contributed by atoms with Crippen molar-refractivity contribution in [3.8, 4) is 11.1 Å². The molecule has 0 saturated carbocycles. The van der Waals surface area contributed by atoms with Gasteiger partial charge >= 0.3 is 12.1 Å². The van der Waals surface area contributed by atoms with Gasteiger partial charge in [-0.15, -0.1) is 0 Å². The van der Waals surface area contributed by atoms with E-state index in [1.165, 1.54) is 0 Å². The maximum absolute atomic E-state index is 12.4. The first-order chi connectivity index (χ1) is 16.0. The van der Waals surface area contributed by atoms with E-state index in [0.29, 0.717) is 6.42 Å². The topological polar surface area (TPSA) is 144 Å². The van der Waals surface area contributed by atoms with Crippen LogP contribution in [0.5, 0.6) is 0 Å². The SMILES string of the molecule is CCC[C@H](NC(=O)c1nonc1NC(=O)OCC1c2ccccc2-c2ccccc21)C(=O)O. The molecule has 0 aliphatic heterocycles. The van der Waals surface area contributed by atoms with Gasteiger partial charge in [0.25, 0.3) is 5.91 Å². The standard InChI is InChI=1S/C23H22N4O6/c1-2-7-18(22(29)30)24-21(28)19-20(27-33-26-19)25-23(31)32-12-17-15-10-5-3-8-13(15)14-9-4-6-11-16(14)17/h3-6,8-11,17-18H,2,7,12H2,1H3,(H,24,28)(H,29,30)(H,25,27,31)/t18-/m0/s1. The Morgan fingerprint density at radius 1 is 1.06 bits per heavy atom. The van der Waals surface area contributed by atoms with Gasteiger partial charge < -0.3 is 15.2 Å². The number of hydrogen-bond donors (Lipinski definition) is 3. The Hall–Kier alpha value is -4.21. The zero-order valence-electron chi connectivity index (χ0n) is 17.8. The second kappa shape index (κ2) is 9.51.